The Bertz CT molecular complexity index is 508. The van der Waals surface area contributed by atoms with E-state index in [0.29, 0.717) is 6.04 Å². The standard InChI is InChI=1S/C19H25N3/c1-2-20-22-15-13-21(14-16-22)19(17-9-5-3-6-10-17)18-11-7-4-8-12-18/h3-12,19-20H,2,13-16H2,1H3. The first-order valence-corrected chi connectivity index (χ1v) is 8.21. The molecule has 3 rings (SSSR count). The van der Waals surface area contributed by atoms with E-state index in [9.17, 15) is 0 Å². The lowest BCUT2D eigenvalue weighted by Crippen LogP contribution is -2.52. The third-order valence-electron chi connectivity index (χ3n) is 4.29. The lowest BCUT2D eigenvalue weighted by molar-refractivity contribution is 0.0748. The van der Waals surface area contributed by atoms with Crippen LogP contribution in [-0.2, 0) is 0 Å². The van der Waals surface area contributed by atoms with Crippen molar-refractivity contribution in [1.82, 2.24) is 15.3 Å². The van der Waals surface area contributed by atoms with E-state index in [1.807, 2.05) is 0 Å². The first kappa shape index (κ1) is 15.2. The quantitative estimate of drug-likeness (QED) is 0.915. The third-order valence-corrected chi connectivity index (χ3v) is 4.29. The maximum absolute atomic E-state index is 3.43. The fourth-order valence-electron chi connectivity index (χ4n) is 3.25. The molecule has 0 unspecified atom stereocenters. The van der Waals surface area contributed by atoms with Gasteiger partial charge in [-0.3, -0.25) is 10.3 Å². The van der Waals surface area contributed by atoms with Gasteiger partial charge in [0.15, 0.2) is 0 Å². The van der Waals surface area contributed by atoms with Gasteiger partial charge in [0.2, 0.25) is 0 Å². The van der Waals surface area contributed by atoms with Crippen LogP contribution in [0.5, 0.6) is 0 Å². The topological polar surface area (TPSA) is 18.5 Å². The van der Waals surface area contributed by atoms with Crippen molar-refractivity contribution in [1.29, 1.82) is 0 Å². The zero-order valence-electron chi connectivity index (χ0n) is 13.3. The molecule has 116 valence electrons. The molecule has 0 radical (unpaired) electrons. The van der Waals surface area contributed by atoms with Crippen molar-refractivity contribution in [2.24, 2.45) is 0 Å². The molecule has 0 bridgehead atoms. The van der Waals surface area contributed by atoms with Gasteiger partial charge in [0.05, 0.1) is 6.04 Å². The monoisotopic (exact) mass is 295 g/mol. The number of nitrogens with one attached hydrogen (secondary N) is 1. The van der Waals surface area contributed by atoms with Crippen LogP contribution in [-0.4, -0.2) is 42.6 Å². The second-order valence-electron chi connectivity index (χ2n) is 5.76. The zero-order valence-corrected chi connectivity index (χ0v) is 13.3. The van der Waals surface area contributed by atoms with Gasteiger partial charge in [-0.25, -0.2) is 5.01 Å². The van der Waals surface area contributed by atoms with Crippen LogP contribution in [0.15, 0.2) is 60.7 Å². The molecule has 0 atom stereocenters. The molecule has 22 heavy (non-hydrogen) atoms. The maximum atomic E-state index is 3.43. The number of hydrazine groups is 1. The number of nitrogens with zero attached hydrogens (tertiary/aromatic N) is 2. The number of rotatable bonds is 5. The predicted octanol–water partition coefficient (Wildman–Crippen LogP) is 2.92. The van der Waals surface area contributed by atoms with Crippen LogP contribution in [0.4, 0.5) is 0 Å². The molecule has 3 heteroatoms. The number of benzene rings is 2. The summed E-state index contributed by atoms with van der Waals surface area (Å²) in [7, 11) is 0. The van der Waals surface area contributed by atoms with Crippen molar-refractivity contribution in [3.05, 3.63) is 71.8 Å². The van der Waals surface area contributed by atoms with Crippen LogP contribution >= 0.6 is 0 Å². The molecular weight excluding hydrogens is 270 g/mol. The van der Waals surface area contributed by atoms with Gasteiger partial charge in [-0.05, 0) is 11.1 Å². The molecule has 2 aromatic rings. The fourth-order valence-corrected chi connectivity index (χ4v) is 3.25. The van der Waals surface area contributed by atoms with E-state index in [4.69, 9.17) is 0 Å². The highest BCUT2D eigenvalue weighted by Gasteiger charge is 2.25. The van der Waals surface area contributed by atoms with Gasteiger partial charge in [0.1, 0.15) is 0 Å². The van der Waals surface area contributed by atoms with Gasteiger partial charge in [0.25, 0.3) is 0 Å². The molecule has 1 aliphatic heterocycles. The highest BCUT2D eigenvalue weighted by molar-refractivity contribution is 5.31. The van der Waals surface area contributed by atoms with Gasteiger partial charge < -0.3 is 0 Å². The van der Waals surface area contributed by atoms with Crippen molar-refractivity contribution in [2.75, 3.05) is 32.7 Å². The second-order valence-corrected chi connectivity index (χ2v) is 5.76. The van der Waals surface area contributed by atoms with E-state index in [1.165, 1.54) is 11.1 Å². The summed E-state index contributed by atoms with van der Waals surface area (Å²) in [6.07, 6.45) is 0. The molecule has 1 heterocycles. The van der Waals surface area contributed by atoms with Crippen molar-refractivity contribution in [2.45, 2.75) is 13.0 Å². The van der Waals surface area contributed by atoms with Gasteiger partial charge in [-0.2, -0.15) is 0 Å². The normalized spacial score (nSPS) is 17.0. The van der Waals surface area contributed by atoms with E-state index in [0.717, 1.165) is 32.7 Å². The highest BCUT2D eigenvalue weighted by Crippen LogP contribution is 2.29. The lowest BCUT2D eigenvalue weighted by Gasteiger charge is -2.39. The average molecular weight is 295 g/mol. The summed E-state index contributed by atoms with van der Waals surface area (Å²) in [5, 5.41) is 2.34. The van der Waals surface area contributed by atoms with Crippen LogP contribution in [0.25, 0.3) is 0 Å². The van der Waals surface area contributed by atoms with Gasteiger partial charge in [-0.15, -0.1) is 0 Å². The summed E-state index contributed by atoms with van der Waals surface area (Å²) in [5.41, 5.74) is 6.19. The highest BCUT2D eigenvalue weighted by atomic mass is 15.5. The molecule has 0 saturated carbocycles. The summed E-state index contributed by atoms with van der Waals surface area (Å²) in [4.78, 5) is 2.60. The summed E-state index contributed by atoms with van der Waals surface area (Å²) in [5.74, 6) is 0. The zero-order chi connectivity index (χ0) is 15.2. The molecule has 3 nitrogen and oxygen atoms in total. The Hall–Kier alpha value is -1.68. The number of hydrogen-bond donors (Lipinski definition) is 1. The molecule has 0 amide bonds. The van der Waals surface area contributed by atoms with Crippen LogP contribution in [0, 0.1) is 0 Å². The summed E-state index contributed by atoms with van der Waals surface area (Å²) < 4.78 is 0. The Morgan fingerprint density at radius 1 is 0.818 bits per heavy atom. The van der Waals surface area contributed by atoms with Gasteiger partial charge in [0, 0.05) is 32.7 Å². The molecule has 1 N–H and O–H groups in total. The Morgan fingerprint density at radius 3 is 1.77 bits per heavy atom. The molecule has 0 aliphatic carbocycles. The molecular formula is C19H25N3. The lowest BCUT2D eigenvalue weighted by atomic mass is 9.96. The second kappa shape index (κ2) is 7.54. The first-order valence-electron chi connectivity index (χ1n) is 8.21. The molecule has 0 spiro atoms. The van der Waals surface area contributed by atoms with Gasteiger partial charge >= 0.3 is 0 Å². The summed E-state index contributed by atoms with van der Waals surface area (Å²) in [6.45, 7) is 7.47. The van der Waals surface area contributed by atoms with E-state index >= 15 is 0 Å². The van der Waals surface area contributed by atoms with E-state index < -0.39 is 0 Å². The summed E-state index contributed by atoms with van der Waals surface area (Å²) >= 11 is 0. The van der Waals surface area contributed by atoms with Crippen LogP contribution in [0.3, 0.4) is 0 Å². The van der Waals surface area contributed by atoms with Crippen molar-refractivity contribution in [3.8, 4) is 0 Å². The Morgan fingerprint density at radius 2 is 1.32 bits per heavy atom. The van der Waals surface area contributed by atoms with Crippen LogP contribution in [0.2, 0.25) is 0 Å². The SMILES string of the molecule is CCNN1CCN(C(c2ccccc2)c2ccccc2)CC1. The van der Waals surface area contributed by atoms with E-state index in [1.54, 1.807) is 0 Å². The Kier molecular flexibility index (Phi) is 5.22. The summed E-state index contributed by atoms with van der Waals surface area (Å²) in [6, 6.07) is 22.1. The van der Waals surface area contributed by atoms with Crippen molar-refractivity contribution >= 4 is 0 Å². The molecule has 2 aromatic carbocycles. The average Bonchev–Trinajstić information content (AvgIpc) is 2.59. The largest absolute Gasteiger partial charge is 0.290 e. The number of hydrogen-bond acceptors (Lipinski definition) is 3. The van der Waals surface area contributed by atoms with E-state index in [2.05, 4.69) is 82.9 Å². The first-order chi connectivity index (χ1) is 10.9. The van der Waals surface area contributed by atoms with E-state index in [-0.39, 0.29) is 0 Å². The van der Waals surface area contributed by atoms with Crippen LogP contribution < -0.4 is 5.43 Å². The number of piperazine rings is 1. The minimum absolute atomic E-state index is 0.353. The predicted molar refractivity (Wildman–Crippen MR) is 91.5 cm³/mol. The Labute approximate surface area is 133 Å². The van der Waals surface area contributed by atoms with Gasteiger partial charge in [-0.1, -0.05) is 67.6 Å². The molecule has 1 fully saturated rings. The molecule has 1 saturated heterocycles. The Balaban J connectivity index is 1.81. The third kappa shape index (κ3) is 3.55. The van der Waals surface area contributed by atoms with Crippen LogP contribution in [0.1, 0.15) is 24.1 Å². The fraction of sp³-hybridized carbons (Fsp3) is 0.368. The minimum atomic E-state index is 0.353. The van der Waals surface area contributed by atoms with Crippen molar-refractivity contribution in [3.63, 3.8) is 0 Å². The van der Waals surface area contributed by atoms with Crippen molar-refractivity contribution < 1.29 is 0 Å². The maximum Gasteiger partial charge on any atom is 0.0602 e. The molecule has 1 aliphatic rings. The minimum Gasteiger partial charge on any atom is -0.290 e. The molecule has 0 aromatic heterocycles. The smallest absolute Gasteiger partial charge is 0.0602 e.